The summed E-state index contributed by atoms with van der Waals surface area (Å²) >= 11 is 0. The zero-order chi connectivity index (χ0) is 13.0. The lowest BCUT2D eigenvalue weighted by molar-refractivity contribution is -0.384. The Labute approximate surface area is 104 Å². The molecule has 0 heterocycles. The number of nitro groups is 1. The molecule has 0 spiro atoms. The predicted molar refractivity (Wildman–Crippen MR) is 69.9 cm³/mol. The molecule has 18 heavy (non-hydrogen) atoms. The molecule has 5 nitrogen and oxygen atoms in total. The van der Waals surface area contributed by atoms with Crippen LogP contribution in [-0.2, 0) is 0 Å². The van der Waals surface area contributed by atoms with Crippen LogP contribution >= 0.6 is 0 Å². The van der Waals surface area contributed by atoms with Crippen molar-refractivity contribution in [2.45, 2.75) is 0 Å². The summed E-state index contributed by atoms with van der Waals surface area (Å²) in [6.07, 6.45) is 0. The van der Waals surface area contributed by atoms with E-state index in [-0.39, 0.29) is 5.69 Å². The number of non-ortho nitro benzene ring substituents is 1. The Hall–Kier alpha value is -2.69. The molecule has 0 aliphatic carbocycles. The molecule has 0 bridgehead atoms. The molecule has 0 amide bonds. The topological polar surface area (TPSA) is 81.5 Å². The first-order valence-corrected chi connectivity index (χ1v) is 5.31. The number of amidine groups is 1. The molecule has 0 saturated carbocycles. The monoisotopic (exact) mass is 241 g/mol. The molecule has 2 aromatic carbocycles. The quantitative estimate of drug-likeness (QED) is 0.388. The standard InChI is InChI=1S/C13H11N3O2/c14-13(10-5-2-1-3-6-10)15-11-7-4-8-12(9-11)16(17)18/h1-9H,(H2,14,15). The summed E-state index contributed by atoms with van der Waals surface area (Å²) in [6, 6.07) is 15.3. The van der Waals surface area contributed by atoms with Crippen molar-refractivity contribution in [2.75, 3.05) is 0 Å². The van der Waals surface area contributed by atoms with Crippen molar-refractivity contribution in [3.05, 3.63) is 70.3 Å². The molecule has 90 valence electrons. The van der Waals surface area contributed by atoms with Crippen molar-refractivity contribution < 1.29 is 4.92 Å². The normalized spacial score (nSPS) is 11.2. The third-order valence-corrected chi connectivity index (χ3v) is 2.36. The van der Waals surface area contributed by atoms with Crippen LogP contribution in [0.15, 0.2) is 59.6 Å². The Balaban J connectivity index is 2.33. The number of aliphatic imine (C=N–C) groups is 1. The number of benzene rings is 2. The Kier molecular flexibility index (Phi) is 3.33. The van der Waals surface area contributed by atoms with Gasteiger partial charge in [-0.15, -0.1) is 0 Å². The highest BCUT2D eigenvalue weighted by molar-refractivity contribution is 5.99. The number of nitrogens with two attached hydrogens (primary N) is 1. The molecular weight excluding hydrogens is 230 g/mol. The molecule has 0 fully saturated rings. The largest absolute Gasteiger partial charge is 0.383 e. The average Bonchev–Trinajstić information content (AvgIpc) is 2.40. The van der Waals surface area contributed by atoms with Gasteiger partial charge in [0.1, 0.15) is 5.84 Å². The van der Waals surface area contributed by atoms with Gasteiger partial charge < -0.3 is 5.73 Å². The molecule has 0 unspecified atom stereocenters. The predicted octanol–water partition coefficient (Wildman–Crippen LogP) is 2.63. The number of rotatable bonds is 3. The van der Waals surface area contributed by atoms with Gasteiger partial charge in [-0.05, 0) is 6.07 Å². The lowest BCUT2D eigenvalue weighted by atomic mass is 10.2. The minimum Gasteiger partial charge on any atom is -0.383 e. The second-order valence-electron chi connectivity index (χ2n) is 3.64. The summed E-state index contributed by atoms with van der Waals surface area (Å²) in [5.74, 6) is 0.330. The summed E-state index contributed by atoms with van der Waals surface area (Å²) in [4.78, 5) is 14.3. The molecule has 2 N–H and O–H groups in total. The highest BCUT2D eigenvalue weighted by atomic mass is 16.6. The van der Waals surface area contributed by atoms with Crippen LogP contribution < -0.4 is 5.73 Å². The van der Waals surface area contributed by atoms with E-state index in [4.69, 9.17) is 5.73 Å². The van der Waals surface area contributed by atoms with E-state index in [1.165, 1.54) is 12.1 Å². The van der Waals surface area contributed by atoms with Crippen molar-refractivity contribution in [3.63, 3.8) is 0 Å². The van der Waals surface area contributed by atoms with E-state index in [1.807, 2.05) is 30.3 Å². The number of nitrogens with zero attached hydrogens (tertiary/aromatic N) is 2. The van der Waals surface area contributed by atoms with Crippen LogP contribution in [0.3, 0.4) is 0 Å². The minimum absolute atomic E-state index is 0.00267. The molecule has 2 aromatic rings. The first-order chi connectivity index (χ1) is 8.66. The molecular formula is C13H11N3O2. The van der Waals surface area contributed by atoms with Gasteiger partial charge in [0.25, 0.3) is 5.69 Å². The lowest BCUT2D eigenvalue weighted by Gasteiger charge is -2.00. The lowest BCUT2D eigenvalue weighted by Crippen LogP contribution is -2.12. The van der Waals surface area contributed by atoms with E-state index in [2.05, 4.69) is 4.99 Å². The van der Waals surface area contributed by atoms with Gasteiger partial charge in [0.05, 0.1) is 10.6 Å². The summed E-state index contributed by atoms with van der Waals surface area (Å²) < 4.78 is 0. The van der Waals surface area contributed by atoms with Gasteiger partial charge in [-0.3, -0.25) is 10.1 Å². The molecule has 2 rings (SSSR count). The maximum atomic E-state index is 10.6. The third-order valence-electron chi connectivity index (χ3n) is 2.36. The number of nitro benzene ring substituents is 1. The number of hydrogen-bond acceptors (Lipinski definition) is 3. The maximum absolute atomic E-state index is 10.6. The molecule has 5 heteroatoms. The molecule has 0 aliphatic heterocycles. The SMILES string of the molecule is NC(=Nc1cccc([N+](=O)[O-])c1)c1ccccc1. The van der Waals surface area contributed by atoms with Crippen LogP contribution in [0.4, 0.5) is 11.4 Å². The second-order valence-corrected chi connectivity index (χ2v) is 3.64. The van der Waals surface area contributed by atoms with Crippen molar-refractivity contribution in [1.29, 1.82) is 0 Å². The maximum Gasteiger partial charge on any atom is 0.271 e. The minimum atomic E-state index is -0.461. The zero-order valence-electron chi connectivity index (χ0n) is 9.48. The van der Waals surface area contributed by atoms with Crippen LogP contribution in [0.5, 0.6) is 0 Å². The van der Waals surface area contributed by atoms with E-state index in [9.17, 15) is 10.1 Å². The van der Waals surface area contributed by atoms with Crippen LogP contribution in [0.2, 0.25) is 0 Å². The van der Waals surface area contributed by atoms with Crippen LogP contribution in [0.1, 0.15) is 5.56 Å². The van der Waals surface area contributed by atoms with Crippen molar-refractivity contribution in [2.24, 2.45) is 10.7 Å². The second kappa shape index (κ2) is 5.09. The smallest absolute Gasteiger partial charge is 0.271 e. The first kappa shape index (κ1) is 11.8. The van der Waals surface area contributed by atoms with E-state index >= 15 is 0 Å². The summed E-state index contributed by atoms with van der Waals surface area (Å²) in [7, 11) is 0. The van der Waals surface area contributed by atoms with Gasteiger partial charge in [-0.25, -0.2) is 4.99 Å². The molecule has 0 saturated heterocycles. The number of hydrogen-bond donors (Lipinski definition) is 1. The molecule has 0 aromatic heterocycles. The summed E-state index contributed by atoms with van der Waals surface area (Å²) in [5.41, 5.74) is 7.08. The zero-order valence-corrected chi connectivity index (χ0v) is 9.48. The van der Waals surface area contributed by atoms with Gasteiger partial charge in [0.15, 0.2) is 0 Å². The highest BCUT2D eigenvalue weighted by Crippen LogP contribution is 2.20. The fourth-order valence-electron chi connectivity index (χ4n) is 1.49. The fourth-order valence-corrected chi connectivity index (χ4v) is 1.49. The van der Waals surface area contributed by atoms with E-state index in [0.717, 1.165) is 5.56 Å². The van der Waals surface area contributed by atoms with Crippen molar-refractivity contribution in [1.82, 2.24) is 0 Å². The fraction of sp³-hybridized carbons (Fsp3) is 0. The molecule has 0 atom stereocenters. The third kappa shape index (κ3) is 2.70. The Bertz CT molecular complexity index is 594. The van der Waals surface area contributed by atoms with E-state index in [0.29, 0.717) is 11.5 Å². The van der Waals surface area contributed by atoms with Crippen LogP contribution in [0.25, 0.3) is 0 Å². The summed E-state index contributed by atoms with van der Waals surface area (Å²) in [5, 5.41) is 10.6. The van der Waals surface area contributed by atoms with E-state index < -0.39 is 4.92 Å². The Morgan fingerprint density at radius 1 is 1.11 bits per heavy atom. The van der Waals surface area contributed by atoms with Gasteiger partial charge >= 0.3 is 0 Å². The van der Waals surface area contributed by atoms with Gasteiger partial charge in [-0.2, -0.15) is 0 Å². The molecule has 0 aliphatic rings. The van der Waals surface area contributed by atoms with Crippen molar-refractivity contribution >= 4 is 17.2 Å². The van der Waals surface area contributed by atoms with Gasteiger partial charge in [0, 0.05) is 17.7 Å². The highest BCUT2D eigenvalue weighted by Gasteiger charge is 2.05. The van der Waals surface area contributed by atoms with Crippen LogP contribution in [-0.4, -0.2) is 10.8 Å². The van der Waals surface area contributed by atoms with E-state index in [1.54, 1.807) is 12.1 Å². The summed E-state index contributed by atoms with van der Waals surface area (Å²) in [6.45, 7) is 0. The average molecular weight is 241 g/mol. The van der Waals surface area contributed by atoms with Gasteiger partial charge in [-0.1, -0.05) is 36.4 Å². The Morgan fingerprint density at radius 3 is 2.50 bits per heavy atom. The van der Waals surface area contributed by atoms with Crippen LogP contribution in [0, 0.1) is 10.1 Å². The Morgan fingerprint density at radius 2 is 1.83 bits per heavy atom. The first-order valence-electron chi connectivity index (χ1n) is 5.31. The van der Waals surface area contributed by atoms with Gasteiger partial charge in [0.2, 0.25) is 0 Å². The molecule has 0 radical (unpaired) electrons. The van der Waals surface area contributed by atoms with Crippen molar-refractivity contribution in [3.8, 4) is 0 Å².